The van der Waals surface area contributed by atoms with Gasteiger partial charge in [-0.05, 0) is 37.0 Å². The average molecular weight is 234 g/mol. The van der Waals surface area contributed by atoms with Crippen LogP contribution in [0.3, 0.4) is 0 Å². The van der Waals surface area contributed by atoms with Crippen molar-refractivity contribution in [3.63, 3.8) is 0 Å². The SMILES string of the molecule is Nc1cccc(CCC(=O)N2CCCCO2)c1. The summed E-state index contributed by atoms with van der Waals surface area (Å²) in [6, 6.07) is 7.65. The zero-order valence-corrected chi connectivity index (χ0v) is 9.89. The number of nitrogen functional groups attached to an aromatic ring is 1. The maximum Gasteiger partial charge on any atom is 0.246 e. The molecule has 0 atom stereocenters. The van der Waals surface area contributed by atoms with Gasteiger partial charge in [-0.2, -0.15) is 0 Å². The molecule has 1 aromatic rings. The molecule has 4 heteroatoms. The lowest BCUT2D eigenvalue weighted by atomic mass is 10.1. The van der Waals surface area contributed by atoms with E-state index in [1.807, 2.05) is 24.3 Å². The van der Waals surface area contributed by atoms with E-state index >= 15 is 0 Å². The Hall–Kier alpha value is -1.55. The number of amides is 1. The Bertz CT molecular complexity index is 387. The molecule has 92 valence electrons. The number of benzene rings is 1. The first-order valence-electron chi connectivity index (χ1n) is 6.03. The van der Waals surface area contributed by atoms with E-state index in [4.69, 9.17) is 10.6 Å². The molecule has 4 nitrogen and oxygen atoms in total. The van der Waals surface area contributed by atoms with Crippen molar-refractivity contribution in [2.75, 3.05) is 18.9 Å². The lowest BCUT2D eigenvalue weighted by molar-refractivity contribution is -0.197. The summed E-state index contributed by atoms with van der Waals surface area (Å²) in [6.07, 6.45) is 3.26. The molecule has 1 aliphatic heterocycles. The van der Waals surface area contributed by atoms with Crippen LogP contribution in [0.5, 0.6) is 0 Å². The van der Waals surface area contributed by atoms with Gasteiger partial charge in [-0.1, -0.05) is 12.1 Å². The van der Waals surface area contributed by atoms with Gasteiger partial charge in [0.15, 0.2) is 0 Å². The Morgan fingerprint density at radius 1 is 1.41 bits per heavy atom. The van der Waals surface area contributed by atoms with Crippen molar-refractivity contribution in [2.45, 2.75) is 25.7 Å². The number of aryl methyl sites for hydroxylation is 1. The molecule has 2 rings (SSSR count). The molecule has 1 amide bonds. The molecule has 0 radical (unpaired) electrons. The second kappa shape index (κ2) is 5.68. The fourth-order valence-electron chi connectivity index (χ4n) is 1.92. The number of anilines is 1. The highest BCUT2D eigenvalue weighted by atomic mass is 16.7. The first-order chi connectivity index (χ1) is 8.25. The van der Waals surface area contributed by atoms with Crippen molar-refractivity contribution < 1.29 is 9.63 Å². The molecule has 0 bridgehead atoms. The summed E-state index contributed by atoms with van der Waals surface area (Å²) in [4.78, 5) is 17.1. The Kier molecular flexibility index (Phi) is 3.98. The van der Waals surface area contributed by atoms with E-state index in [0.29, 0.717) is 19.4 Å². The summed E-state index contributed by atoms with van der Waals surface area (Å²) in [5, 5.41) is 1.50. The Balaban J connectivity index is 1.83. The van der Waals surface area contributed by atoms with E-state index < -0.39 is 0 Å². The van der Waals surface area contributed by atoms with E-state index in [-0.39, 0.29) is 5.91 Å². The molecule has 1 heterocycles. The highest BCUT2D eigenvalue weighted by molar-refractivity contribution is 5.75. The molecule has 17 heavy (non-hydrogen) atoms. The highest BCUT2D eigenvalue weighted by Crippen LogP contribution is 2.12. The van der Waals surface area contributed by atoms with E-state index in [2.05, 4.69) is 0 Å². The fraction of sp³-hybridized carbons (Fsp3) is 0.462. The number of nitrogens with zero attached hydrogens (tertiary/aromatic N) is 1. The van der Waals surface area contributed by atoms with Gasteiger partial charge in [0.25, 0.3) is 0 Å². The van der Waals surface area contributed by atoms with Crippen LogP contribution in [0.1, 0.15) is 24.8 Å². The van der Waals surface area contributed by atoms with Gasteiger partial charge in [0.05, 0.1) is 6.61 Å². The second-order valence-corrected chi connectivity index (χ2v) is 4.28. The summed E-state index contributed by atoms with van der Waals surface area (Å²) in [5.74, 6) is 0.0622. The topological polar surface area (TPSA) is 55.6 Å². The number of nitrogens with two attached hydrogens (primary N) is 1. The van der Waals surface area contributed by atoms with Crippen LogP contribution in [0.25, 0.3) is 0 Å². The van der Waals surface area contributed by atoms with Gasteiger partial charge in [0.2, 0.25) is 5.91 Å². The zero-order chi connectivity index (χ0) is 12.1. The maximum absolute atomic E-state index is 11.8. The third-order valence-electron chi connectivity index (χ3n) is 2.86. The third-order valence-corrected chi connectivity index (χ3v) is 2.86. The largest absolute Gasteiger partial charge is 0.399 e. The third kappa shape index (κ3) is 3.46. The van der Waals surface area contributed by atoms with Gasteiger partial charge >= 0.3 is 0 Å². The molecule has 0 spiro atoms. The summed E-state index contributed by atoms with van der Waals surface area (Å²) in [7, 11) is 0. The van der Waals surface area contributed by atoms with Crippen molar-refractivity contribution in [2.24, 2.45) is 0 Å². The van der Waals surface area contributed by atoms with Crippen molar-refractivity contribution in [1.29, 1.82) is 0 Å². The number of rotatable bonds is 3. The molecular weight excluding hydrogens is 216 g/mol. The molecule has 1 fully saturated rings. The van der Waals surface area contributed by atoms with E-state index in [1.54, 1.807) is 0 Å². The maximum atomic E-state index is 11.8. The average Bonchev–Trinajstić information content (AvgIpc) is 2.37. The highest BCUT2D eigenvalue weighted by Gasteiger charge is 2.17. The second-order valence-electron chi connectivity index (χ2n) is 4.28. The minimum atomic E-state index is 0.0622. The van der Waals surface area contributed by atoms with E-state index in [9.17, 15) is 4.79 Å². The van der Waals surface area contributed by atoms with Crippen LogP contribution in [-0.2, 0) is 16.1 Å². The molecule has 0 aliphatic carbocycles. The Morgan fingerprint density at radius 2 is 2.29 bits per heavy atom. The van der Waals surface area contributed by atoms with Crippen LogP contribution < -0.4 is 5.73 Å². The van der Waals surface area contributed by atoms with Crippen LogP contribution in [0.15, 0.2) is 24.3 Å². The number of carbonyl (C=O) groups excluding carboxylic acids is 1. The predicted octanol–water partition coefficient (Wildman–Crippen LogP) is 1.76. The predicted molar refractivity (Wildman–Crippen MR) is 66.1 cm³/mol. The van der Waals surface area contributed by atoms with Crippen LogP contribution in [-0.4, -0.2) is 24.1 Å². The standard InChI is InChI=1S/C13H18N2O2/c14-12-5-3-4-11(10-12)6-7-13(16)15-8-1-2-9-17-15/h3-5,10H,1-2,6-9,14H2. The van der Waals surface area contributed by atoms with E-state index in [1.165, 1.54) is 5.06 Å². The first kappa shape index (κ1) is 11.9. The minimum Gasteiger partial charge on any atom is -0.399 e. The van der Waals surface area contributed by atoms with Gasteiger partial charge < -0.3 is 5.73 Å². The summed E-state index contributed by atoms with van der Waals surface area (Å²) >= 11 is 0. The summed E-state index contributed by atoms with van der Waals surface area (Å²) in [5.41, 5.74) is 7.52. The Labute approximate surface area is 101 Å². The summed E-state index contributed by atoms with van der Waals surface area (Å²) < 4.78 is 0. The van der Waals surface area contributed by atoms with Gasteiger partial charge in [-0.25, -0.2) is 5.06 Å². The molecular formula is C13H18N2O2. The molecule has 1 aliphatic rings. The van der Waals surface area contributed by atoms with Gasteiger partial charge in [0, 0.05) is 18.7 Å². The summed E-state index contributed by atoms with van der Waals surface area (Å²) in [6.45, 7) is 1.37. The fourth-order valence-corrected chi connectivity index (χ4v) is 1.92. The quantitative estimate of drug-likeness (QED) is 0.811. The normalized spacial score (nSPS) is 15.9. The lowest BCUT2D eigenvalue weighted by Crippen LogP contribution is -2.35. The van der Waals surface area contributed by atoms with Crippen molar-refractivity contribution in [3.8, 4) is 0 Å². The number of hydrogen-bond acceptors (Lipinski definition) is 3. The van der Waals surface area contributed by atoms with Gasteiger partial charge in [-0.15, -0.1) is 0 Å². The Morgan fingerprint density at radius 3 is 3.00 bits per heavy atom. The smallest absolute Gasteiger partial charge is 0.246 e. The molecule has 1 saturated heterocycles. The van der Waals surface area contributed by atoms with Gasteiger partial charge in [-0.3, -0.25) is 9.63 Å². The molecule has 0 aromatic heterocycles. The van der Waals surface area contributed by atoms with Crippen LogP contribution in [0, 0.1) is 0 Å². The number of hydroxylamine groups is 2. The molecule has 2 N–H and O–H groups in total. The zero-order valence-electron chi connectivity index (χ0n) is 9.89. The lowest BCUT2D eigenvalue weighted by Gasteiger charge is -2.25. The minimum absolute atomic E-state index is 0.0622. The molecule has 1 aromatic carbocycles. The van der Waals surface area contributed by atoms with Crippen LogP contribution >= 0.6 is 0 Å². The van der Waals surface area contributed by atoms with Crippen LogP contribution in [0.2, 0.25) is 0 Å². The van der Waals surface area contributed by atoms with Crippen molar-refractivity contribution in [1.82, 2.24) is 5.06 Å². The first-order valence-corrected chi connectivity index (χ1v) is 6.03. The monoisotopic (exact) mass is 234 g/mol. The van der Waals surface area contributed by atoms with Crippen LogP contribution in [0.4, 0.5) is 5.69 Å². The van der Waals surface area contributed by atoms with Crippen molar-refractivity contribution >= 4 is 11.6 Å². The molecule has 0 saturated carbocycles. The number of hydrogen-bond donors (Lipinski definition) is 1. The van der Waals surface area contributed by atoms with E-state index in [0.717, 1.165) is 30.6 Å². The number of carbonyl (C=O) groups is 1. The van der Waals surface area contributed by atoms with Crippen molar-refractivity contribution in [3.05, 3.63) is 29.8 Å². The molecule has 0 unspecified atom stereocenters. The van der Waals surface area contributed by atoms with Gasteiger partial charge in [0.1, 0.15) is 0 Å².